The van der Waals surface area contributed by atoms with Crippen molar-refractivity contribution in [3.8, 4) is 0 Å². The molecule has 1 fully saturated rings. The summed E-state index contributed by atoms with van der Waals surface area (Å²) >= 11 is 7.06. The number of benzene rings is 2. The number of amides is 1. The Kier molecular flexibility index (Phi) is 6.50. The van der Waals surface area contributed by atoms with Gasteiger partial charge in [0.15, 0.2) is 0 Å². The highest BCUT2D eigenvalue weighted by Gasteiger charge is 2.42. The number of thiophene rings is 1. The van der Waals surface area contributed by atoms with E-state index in [1.165, 1.54) is 11.0 Å². The van der Waals surface area contributed by atoms with Gasteiger partial charge in [-0.2, -0.15) is 4.31 Å². The Bertz CT molecular complexity index is 1490. The average Bonchev–Trinajstić information content (AvgIpc) is 3.46. The molecular weight excluding hydrogens is 524 g/mol. The molecule has 0 unspecified atom stereocenters. The van der Waals surface area contributed by atoms with Crippen LogP contribution in [0.1, 0.15) is 11.1 Å². The summed E-state index contributed by atoms with van der Waals surface area (Å²) in [7, 11) is -2.10. The molecule has 1 amide bonds. The molecule has 188 valence electrons. The second kappa shape index (κ2) is 9.47. The van der Waals surface area contributed by atoms with Crippen LogP contribution in [0.15, 0.2) is 57.7 Å². The van der Waals surface area contributed by atoms with Crippen molar-refractivity contribution in [1.29, 1.82) is 0 Å². The summed E-state index contributed by atoms with van der Waals surface area (Å²) in [6.45, 7) is 0.895. The number of sulfonamides is 1. The molecule has 9 nitrogen and oxygen atoms in total. The lowest BCUT2D eigenvalue weighted by Crippen LogP contribution is -2.59. The van der Waals surface area contributed by atoms with Crippen molar-refractivity contribution in [1.82, 2.24) is 14.1 Å². The topological polar surface area (TPSA) is 111 Å². The number of likely N-dealkylation sites (N-methyl/N-ethyl adjacent to an activating group) is 1. The predicted molar refractivity (Wildman–Crippen MR) is 138 cm³/mol. The molecule has 1 saturated heterocycles. The minimum Gasteiger partial charge on any atom is -0.480 e. The van der Waals surface area contributed by atoms with E-state index in [0.717, 1.165) is 45.7 Å². The molecule has 0 aliphatic carbocycles. The average molecular weight is 547 g/mol. The van der Waals surface area contributed by atoms with E-state index in [2.05, 4.69) is 9.89 Å². The van der Waals surface area contributed by atoms with E-state index in [0.29, 0.717) is 15.1 Å². The number of fused-ring (bicyclic) bond motifs is 1. The van der Waals surface area contributed by atoms with Gasteiger partial charge in [0, 0.05) is 42.0 Å². The Morgan fingerprint density at radius 2 is 1.94 bits per heavy atom. The first kappa shape index (κ1) is 24.7. The molecule has 1 atom stereocenters. The summed E-state index contributed by atoms with van der Waals surface area (Å²) in [5.74, 6) is -0.932. The van der Waals surface area contributed by atoms with Crippen molar-refractivity contribution in [2.75, 3.05) is 33.2 Å². The third-order valence-corrected chi connectivity index (χ3v) is 9.94. The second-order valence-corrected chi connectivity index (χ2v) is 12.4. The fraction of sp³-hybridized carbons (Fsp3) is 0.292. The van der Waals surface area contributed by atoms with Crippen LogP contribution in [0.3, 0.4) is 0 Å². The molecule has 0 saturated carbocycles. The van der Waals surface area contributed by atoms with Gasteiger partial charge in [-0.3, -0.25) is 9.79 Å². The van der Waals surface area contributed by atoms with Crippen molar-refractivity contribution in [2.45, 2.75) is 16.8 Å². The number of hydrogen-bond acceptors (Lipinski definition) is 7. The third kappa shape index (κ3) is 4.59. The number of halogens is 1. The van der Waals surface area contributed by atoms with Crippen LogP contribution < -0.4 is 0 Å². The predicted octanol–water partition coefficient (Wildman–Crippen LogP) is 2.73. The van der Waals surface area contributed by atoms with Gasteiger partial charge in [-0.15, -0.1) is 11.3 Å². The quantitative estimate of drug-likeness (QED) is 0.509. The van der Waals surface area contributed by atoms with Crippen LogP contribution >= 0.6 is 22.9 Å². The zero-order chi connectivity index (χ0) is 25.6. The number of carboxylic acids is 1. The van der Waals surface area contributed by atoms with E-state index < -0.39 is 34.5 Å². The van der Waals surface area contributed by atoms with Crippen LogP contribution in [0.5, 0.6) is 0 Å². The second-order valence-electron chi connectivity index (χ2n) is 8.74. The summed E-state index contributed by atoms with van der Waals surface area (Å²) in [5, 5.41) is 11.1. The Morgan fingerprint density at radius 3 is 2.61 bits per heavy atom. The number of rotatable bonds is 6. The molecule has 1 aromatic heterocycles. The molecule has 5 rings (SSSR count). The molecule has 0 radical (unpaired) electrons. The van der Waals surface area contributed by atoms with Crippen molar-refractivity contribution < 1.29 is 23.1 Å². The van der Waals surface area contributed by atoms with Crippen LogP contribution in [0.4, 0.5) is 0 Å². The smallest absolute Gasteiger partial charge is 0.327 e. The maximum Gasteiger partial charge on any atom is 0.327 e. The van der Waals surface area contributed by atoms with Crippen LogP contribution in [-0.4, -0.2) is 84.6 Å². The van der Waals surface area contributed by atoms with E-state index in [-0.39, 0.29) is 17.3 Å². The molecule has 1 N–H and O–H groups in total. The number of hydrogen-bond donors (Lipinski definition) is 1. The lowest BCUT2D eigenvalue weighted by molar-refractivity contribution is -0.154. The molecule has 0 bridgehead atoms. The van der Waals surface area contributed by atoms with E-state index in [4.69, 9.17) is 11.6 Å². The van der Waals surface area contributed by atoms with E-state index in [9.17, 15) is 23.1 Å². The van der Waals surface area contributed by atoms with Gasteiger partial charge in [0.2, 0.25) is 5.91 Å². The van der Waals surface area contributed by atoms with Gasteiger partial charge < -0.3 is 14.9 Å². The molecular formula is C24H23ClN4O5S2. The first-order valence-electron chi connectivity index (χ1n) is 11.2. The van der Waals surface area contributed by atoms with Gasteiger partial charge in [-0.25, -0.2) is 13.2 Å². The van der Waals surface area contributed by atoms with Gasteiger partial charge in [-0.05, 0) is 29.1 Å². The summed E-state index contributed by atoms with van der Waals surface area (Å²) < 4.78 is 28.4. The lowest BCUT2D eigenvalue weighted by Gasteiger charge is -2.38. The van der Waals surface area contributed by atoms with Crippen LogP contribution in [0.2, 0.25) is 5.02 Å². The minimum absolute atomic E-state index is 0.0422. The summed E-state index contributed by atoms with van der Waals surface area (Å²) in [6.07, 6.45) is 0. The standard InChI is InChI=1S/C24H23ClN4O5S2/c1-27-9-8-26-23(27)16-4-2-15(3-5-16)12-29-19(24(31)32)13-28(14-21(29)30)36(33,34)22-10-17-6-7-18(25)11-20(17)35-22/h2-7,10-11,19H,8-9,12-14H2,1H3,(H,31,32)/t19-/m1/s1. The molecule has 3 aromatic rings. The summed E-state index contributed by atoms with van der Waals surface area (Å²) in [4.78, 5) is 32.9. The number of aliphatic imine (C=N–C) groups is 1. The van der Waals surface area contributed by atoms with Crippen LogP contribution in [-0.2, 0) is 26.2 Å². The lowest BCUT2D eigenvalue weighted by atomic mass is 10.1. The summed E-state index contributed by atoms with van der Waals surface area (Å²) in [5.41, 5.74) is 1.69. The zero-order valence-electron chi connectivity index (χ0n) is 19.3. The molecule has 0 spiro atoms. The molecule has 12 heteroatoms. The van der Waals surface area contributed by atoms with E-state index >= 15 is 0 Å². The van der Waals surface area contributed by atoms with Gasteiger partial charge in [0.25, 0.3) is 10.0 Å². The number of amidine groups is 1. The Balaban J connectivity index is 1.36. The maximum absolute atomic E-state index is 13.3. The maximum atomic E-state index is 13.3. The molecule has 3 heterocycles. The van der Waals surface area contributed by atoms with Gasteiger partial charge in [0.05, 0.1) is 13.1 Å². The fourth-order valence-corrected chi connectivity index (χ4v) is 7.62. The first-order chi connectivity index (χ1) is 17.1. The first-order valence-corrected chi connectivity index (χ1v) is 13.8. The molecule has 2 aliphatic rings. The number of carbonyl (C=O) groups is 2. The van der Waals surface area contributed by atoms with Crippen molar-refractivity contribution in [3.63, 3.8) is 0 Å². The SMILES string of the molecule is CN1CCN=C1c1ccc(CN2C(=O)CN(S(=O)(=O)c3cc4ccc(Cl)cc4s3)C[C@@H]2C(=O)O)cc1. The fourth-order valence-electron chi connectivity index (χ4n) is 4.40. The number of carboxylic acid groups (broad SMARTS) is 1. The van der Waals surface area contributed by atoms with E-state index in [1.54, 1.807) is 18.2 Å². The van der Waals surface area contributed by atoms with Gasteiger partial charge >= 0.3 is 5.97 Å². The summed E-state index contributed by atoms with van der Waals surface area (Å²) in [6, 6.07) is 12.7. The highest BCUT2D eigenvalue weighted by Crippen LogP contribution is 2.33. The Morgan fingerprint density at radius 1 is 1.19 bits per heavy atom. The van der Waals surface area contributed by atoms with Crippen molar-refractivity contribution >= 4 is 60.8 Å². The number of nitrogens with zero attached hydrogens (tertiary/aromatic N) is 4. The number of aliphatic carboxylic acids is 1. The van der Waals surface area contributed by atoms with Crippen molar-refractivity contribution in [2.24, 2.45) is 4.99 Å². The zero-order valence-corrected chi connectivity index (χ0v) is 21.7. The van der Waals surface area contributed by atoms with Gasteiger partial charge in [0.1, 0.15) is 16.1 Å². The highest BCUT2D eigenvalue weighted by atomic mass is 35.5. The molecule has 2 aromatic carbocycles. The number of carbonyl (C=O) groups excluding carboxylic acids is 1. The van der Waals surface area contributed by atoms with Gasteiger partial charge in [-0.1, -0.05) is 41.9 Å². The van der Waals surface area contributed by atoms with E-state index in [1.807, 2.05) is 31.3 Å². The van der Waals surface area contributed by atoms with Crippen LogP contribution in [0.25, 0.3) is 10.1 Å². The number of piperazine rings is 1. The Labute approximate surface area is 217 Å². The largest absolute Gasteiger partial charge is 0.480 e. The Hall–Kier alpha value is -2.99. The monoisotopic (exact) mass is 546 g/mol. The van der Waals surface area contributed by atoms with Crippen molar-refractivity contribution in [3.05, 3.63) is 64.7 Å². The molecule has 2 aliphatic heterocycles. The molecule has 36 heavy (non-hydrogen) atoms. The minimum atomic E-state index is -4.07. The highest BCUT2D eigenvalue weighted by molar-refractivity contribution is 7.91. The van der Waals surface area contributed by atoms with Crippen LogP contribution in [0, 0.1) is 0 Å². The normalized spacial score (nSPS) is 19.2. The third-order valence-electron chi connectivity index (χ3n) is 6.35.